The summed E-state index contributed by atoms with van der Waals surface area (Å²) in [4.78, 5) is 23.8. The fraction of sp³-hybridized carbons (Fsp3) is 0.318. The number of hydrazone groups is 1. The van der Waals surface area contributed by atoms with Gasteiger partial charge in [0.05, 0.1) is 13.3 Å². The Balaban J connectivity index is 1.74. The minimum atomic E-state index is -0.313. The van der Waals surface area contributed by atoms with Crippen LogP contribution in [0.1, 0.15) is 44.7 Å². The number of nitrogens with zero attached hydrogens (tertiary/aromatic N) is 1. The highest BCUT2D eigenvalue weighted by molar-refractivity contribution is 5.93. The number of rotatable bonds is 7. The predicted octanol–water partition coefficient (Wildman–Crippen LogP) is 3.86. The first-order valence-electron chi connectivity index (χ1n) is 9.14. The molecule has 0 heterocycles. The molecule has 0 atom stereocenters. The summed E-state index contributed by atoms with van der Waals surface area (Å²) in [5, 5.41) is 6.68. The average Bonchev–Trinajstić information content (AvgIpc) is 2.67. The Hall–Kier alpha value is -3.15. The second kappa shape index (κ2) is 9.69. The van der Waals surface area contributed by atoms with Gasteiger partial charge in [-0.15, -0.1) is 0 Å². The quantitative estimate of drug-likeness (QED) is 0.564. The second-order valence-corrected chi connectivity index (χ2v) is 7.44. The SMILES string of the molecule is COc1ccc(NC(=O)CCC(=O)NN=Cc2ccc(C(C)(C)C)cc2)cc1. The Morgan fingerprint density at radius 2 is 1.57 bits per heavy atom. The molecule has 28 heavy (non-hydrogen) atoms. The van der Waals surface area contributed by atoms with Crippen LogP contribution in [0.15, 0.2) is 53.6 Å². The third-order valence-electron chi connectivity index (χ3n) is 4.13. The Morgan fingerprint density at radius 3 is 2.14 bits per heavy atom. The zero-order valence-electron chi connectivity index (χ0n) is 16.8. The molecule has 0 aliphatic rings. The molecule has 2 aromatic carbocycles. The van der Waals surface area contributed by atoms with E-state index in [1.807, 2.05) is 24.3 Å². The summed E-state index contributed by atoms with van der Waals surface area (Å²) in [5.74, 6) is 0.165. The molecule has 0 aliphatic carbocycles. The van der Waals surface area contributed by atoms with Crippen molar-refractivity contribution in [1.82, 2.24) is 5.43 Å². The summed E-state index contributed by atoms with van der Waals surface area (Å²) in [7, 11) is 1.58. The van der Waals surface area contributed by atoms with Crippen LogP contribution < -0.4 is 15.5 Å². The molecule has 0 aliphatic heterocycles. The molecule has 2 amide bonds. The minimum Gasteiger partial charge on any atom is -0.497 e. The highest BCUT2D eigenvalue weighted by Gasteiger charge is 2.12. The zero-order chi connectivity index (χ0) is 20.6. The van der Waals surface area contributed by atoms with Crippen molar-refractivity contribution >= 4 is 23.7 Å². The molecule has 2 N–H and O–H groups in total. The number of nitrogens with one attached hydrogen (secondary N) is 2. The van der Waals surface area contributed by atoms with Crippen molar-refractivity contribution in [3.8, 4) is 5.75 Å². The molecule has 0 saturated heterocycles. The van der Waals surface area contributed by atoms with E-state index in [0.717, 1.165) is 5.56 Å². The van der Waals surface area contributed by atoms with E-state index in [4.69, 9.17) is 4.74 Å². The van der Waals surface area contributed by atoms with Crippen LogP contribution in [0.25, 0.3) is 0 Å². The molecule has 2 rings (SSSR count). The van der Waals surface area contributed by atoms with Crippen LogP contribution in [-0.2, 0) is 15.0 Å². The number of amides is 2. The van der Waals surface area contributed by atoms with E-state index < -0.39 is 0 Å². The lowest BCUT2D eigenvalue weighted by Crippen LogP contribution is -2.20. The predicted molar refractivity (Wildman–Crippen MR) is 112 cm³/mol. The van der Waals surface area contributed by atoms with Gasteiger partial charge in [0.15, 0.2) is 0 Å². The molecule has 148 valence electrons. The molecular weight excluding hydrogens is 354 g/mol. The molecule has 6 nitrogen and oxygen atoms in total. The monoisotopic (exact) mass is 381 g/mol. The number of carbonyl (C=O) groups is 2. The molecule has 0 radical (unpaired) electrons. The van der Waals surface area contributed by atoms with Crippen molar-refractivity contribution in [1.29, 1.82) is 0 Å². The number of hydrogen-bond acceptors (Lipinski definition) is 4. The van der Waals surface area contributed by atoms with E-state index in [0.29, 0.717) is 11.4 Å². The number of benzene rings is 2. The van der Waals surface area contributed by atoms with Crippen molar-refractivity contribution in [2.45, 2.75) is 39.0 Å². The maximum atomic E-state index is 11.9. The highest BCUT2D eigenvalue weighted by atomic mass is 16.5. The topological polar surface area (TPSA) is 79.8 Å². The maximum Gasteiger partial charge on any atom is 0.240 e. The Bertz CT molecular complexity index is 820. The first kappa shape index (κ1) is 21.2. The molecule has 0 aromatic heterocycles. The van der Waals surface area contributed by atoms with Crippen LogP contribution in [0.4, 0.5) is 5.69 Å². The van der Waals surface area contributed by atoms with Crippen molar-refractivity contribution < 1.29 is 14.3 Å². The molecule has 0 spiro atoms. The third-order valence-corrected chi connectivity index (χ3v) is 4.13. The summed E-state index contributed by atoms with van der Waals surface area (Å²) < 4.78 is 5.06. The Labute approximate surface area is 166 Å². The molecule has 6 heteroatoms. The largest absolute Gasteiger partial charge is 0.497 e. The van der Waals surface area contributed by atoms with E-state index in [-0.39, 0.29) is 30.1 Å². The molecular formula is C22H27N3O3. The van der Waals surface area contributed by atoms with Crippen molar-refractivity contribution in [3.63, 3.8) is 0 Å². The van der Waals surface area contributed by atoms with Gasteiger partial charge in [-0.1, -0.05) is 45.0 Å². The van der Waals surface area contributed by atoms with Crippen molar-refractivity contribution in [2.24, 2.45) is 5.10 Å². The van der Waals surface area contributed by atoms with Gasteiger partial charge in [-0.2, -0.15) is 5.10 Å². The fourth-order valence-corrected chi connectivity index (χ4v) is 2.43. The van der Waals surface area contributed by atoms with Gasteiger partial charge < -0.3 is 10.1 Å². The van der Waals surface area contributed by atoms with Gasteiger partial charge in [-0.3, -0.25) is 9.59 Å². The number of carbonyl (C=O) groups excluding carboxylic acids is 2. The third kappa shape index (κ3) is 6.87. The van der Waals surface area contributed by atoms with Crippen LogP contribution in [-0.4, -0.2) is 25.1 Å². The lowest BCUT2D eigenvalue weighted by atomic mass is 9.87. The van der Waals surface area contributed by atoms with Crippen LogP contribution in [0.5, 0.6) is 5.75 Å². The molecule has 2 aromatic rings. The van der Waals surface area contributed by atoms with Crippen LogP contribution in [0.2, 0.25) is 0 Å². The van der Waals surface area contributed by atoms with E-state index in [1.165, 1.54) is 5.56 Å². The highest BCUT2D eigenvalue weighted by Crippen LogP contribution is 2.21. The zero-order valence-corrected chi connectivity index (χ0v) is 16.8. The lowest BCUT2D eigenvalue weighted by Gasteiger charge is -2.18. The van der Waals surface area contributed by atoms with Crippen molar-refractivity contribution in [3.05, 3.63) is 59.7 Å². The van der Waals surface area contributed by atoms with Crippen molar-refractivity contribution in [2.75, 3.05) is 12.4 Å². The number of methoxy groups -OCH3 is 1. The standard InChI is InChI=1S/C22H27N3O3/c1-22(2,3)17-7-5-16(6-8-17)15-23-25-21(27)14-13-20(26)24-18-9-11-19(28-4)12-10-18/h5-12,15H,13-14H2,1-4H3,(H,24,26)(H,25,27). The fourth-order valence-electron chi connectivity index (χ4n) is 2.43. The van der Waals surface area contributed by atoms with Gasteiger partial charge >= 0.3 is 0 Å². The molecule has 0 saturated carbocycles. The summed E-state index contributed by atoms with van der Waals surface area (Å²) >= 11 is 0. The van der Waals surface area contributed by atoms with Gasteiger partial charge in [0.2, 0.25) is 11.8 Å². The summed E-state index contributed by atoms with van der Waals surface area (Å²) in [6.45, 7) is 6.46. The normalized spacial score (nSPS) is 11.3. The van der Waals surface area contributed by atoms with Gasteiger partial charge in [-0.05, 0) is 40.8 Å². The molecule has 0 fully saturated rings. The maximum absolute atomic E-state index is 11.9. The summed E-state index contributed by atoms with van der Waals surface area (Å²) in [6.07, 6.45) is 1.72. The van der Waals surface area contributed by atoms with Crippen LogP contribution >= 0.6 is 0 Å². The summed E-state index contributed by atoms with van der Waals surface area (Å²) in [5.41, 5.74) is 5.32. The number of ether oxygens (including phenoxy) is 1. The van der Waals surface area contributed by atoms with E-state index in [9.17, 15) is 9.59 Å². The average molecular weight is 381 g/mol. The lowest BCUT2D eigenvalue weighted by molar-refractivity contribution is -0.124. The van der Waals surface area contributed by atoms with Crippen LogP contribution in [0, 0.1) is 0 Å². The van der Waals surface area contributed by atoms with Gasteiger partial charge in [0.1, 0.15) is 5.75 Å². The van der Waals surface area contributed by atoms with Gasteiger partial charge in [0, 0.05) is 18.5 Å². The molecule has 0 bridgehead atoms. The first-order chi connectivity index (χ1) is 13.3. The molecule has 0 unspecified atom stereocenters. The second-order valence-electron chi connectivity index (χ2n) is 7.44. The number of anilines is 1. The summed E-state index contributed by atoms with van der Waals surface area (Å²) in [6, 6.07) is 15.0. The first-order valence-corrected chi connectivity index (χ1v) is 9.14. The van der Waals surface area contributed by atoms with Crippen LogP contribution in [0.3, 0.4) is 0 Å². The Morgan fingerprint density at radius 1 is 0.964 bits per heavy atom. The minimum absolute atomic E-state index is 0.0578. The Kier molecular flexibility index (Phi) is 7.32. The van der Waals surface area contributed by atoms with E-state index in [1.54, 1.807) is 37.6 Å². The van der Waals surface area contributed by atoms with Gasteiger partial charge in [0.25, 0.3) is 0 Å². The smallest absolute Gasteiger partial charge is 0.240 e. The van der Waals surface area contributed by atoms with E-state index in [2.05, 4.69) is 36.6 Å². The van der Waals surface area contributed by atoms with Gasteiger partial charge in [-0.25, -0.2) is 5.43 Å². The number of hydrogen-bond donors (Lipinski definition) is 2. The van der Waals surface area contributed by atoms with E-state index >= 15 is 0 Å².